The summed E-state index contributed by atoms with van der Waals surface area (Å²) >= 11 is 1.72. The molecule has 13 heavy (non-hydrogen) atoms. The number of hydrogen-bond acceptors (Lipinski definition) is 3. The summed E-state index contributed by atoms with van der Waals surface area (Å²) in [6, 6.07) is 8.18. The Labute approximate surface area is 80.8 Å². The second kappa shape index (κ2) is 3.62. The second-order valence-corrected chi connectivity index (χ2v) is 3.42. The van der Waals surface area contributed by atoms with Crippen LogP contribution in [-0.2, 0) is 0 Å². The van der Waals surface area contributed by atoms with Crippen LogP contribution in [0.1, 0.15) is 0 Å². The number of aromatic nitrogens is 3. The third kappa shape index (κ3) is 1.72. The third-order valence-corrected chi connectivity index (χ3v) is 2.46. The summed E-state index contributed by atoms with van der Waals surface area (Å²) in [5.41, 5.74) is 1.05. The monoisotopic (exact) mass is 191 g/mol. The van der Waals surface area contributed by atoms with Crippen molar-refractivity contribution < 1.29 is 0 Å². The molecule has 0 radical (unpaired) electrons. The van der Waals surface area contributed by atoms with E-state index < -0.39 is 0 Å². The summed E-state index contributed by atoms with van der Waals surface area (Å²) in [4.78, 5) is 5.13. The van der Waals surface area contributed by atoms with E-state index >= 15 is 0 Å². The number of benzene rings is 1. The summed E-state index contributed by atoms with van der Waals surface area (Å²) < 4.78 is 1.75. The van der Waals surface area contributed by atoms with Gasteiger partial charge in [-0.25, -0.2) is 9.67 Å². The lowest BCUT2D eigenvalue weighted by atomic mass is 10.3. The quantitative estimate of drug-likeness (QED) is 0.680. The SMILES string of the molecule is CSc1cccc(-n2cncn2)c1. The highest BCUT2D eigenvalue weighted by atomic mass is 32.2. The maximum Gasteiger partial charge on any atom is 0.138 e. The van der Waals surface area contributed by atoms with Crippen molar-refractivity contribution in [2.75, 3.05) is 6.26 Å². The lowest BCUT2D eigenvalue weighted by molar-refractivity contribution is 0.875. The molecule has 0 amide bonds. The van der Waals surface area contributed by atoms with Gasteiger partial charge in [-0.05, 0) is 24.5 Å². The minimum absolute atomic E-state index is 1.05. The van der Waals surface area contributed by atoms with Crippen LogP contribution < -0.4 is 0 Å². The molecular weight excluding hydrogens is 182 g/mol. The molecule has 0 fully saturated rings. The first-order valence-corrected chi connectivity index (χ1v) is 5.11. The van der Waals surface area contributed by atoms with Crippen molar-refractivity contribution in [3.05, 3.63) is 36.9 Å². The highest BCUT2D eigenvalue weighted by molar-refractivity contribution is 7.98. The molecule has 1 heterocycles. The summed E-state index contributed by atoms with van der Waals surface area (Å²) in [6.45, 7) is 0. The molecule has 0 atom stereocenters. The van der Waals surface area contributed by atoms with E-state index in [4.69, 9.17) is 0 Å². The van der Waals surface area contributed by atoms with E-state index in [2.05, 4.69) is 28.5 Å². The first-order valence-electron chi connectivity index (χ1n) is 3.89. The average molecular weight is 191 g/mol. The Morgan fingerprint density at radius 2 is 2.31 bits per heavy atom. The maximum atomic E-state index is 4.06. The van der Waals surface area contributed by atoms with Gasteiger partial charge in [0.25, 0.3) is 0 Å². The molecule has 4 heteroatoms. The molecule has 0 bridgehead atoms. The van der Waals surface area contributed by atoms with E-state index in [-0.39, 0.29) is 0 Å². The summed E-state index contributed by atoms with van der Waals surface area (Å²) in [5.74, 6) is 0. The van der Waals surface area contributed by atoms with Crippen LogP contribution in [0, 0.1) is 0 Å². The zero-order valence-corrected chi connectivity index (χ0v) is 8.03. The minimum Gasteiger partial charge on any atom is -0.223 e. The van der Waals surface area contributed by atoms with Crippen LogP contribution in [0.25, 0.3) is 5.69 Å². The largest absolute Gasteiger partial charge is 0.223 e. The van der Waals surface area contributed by atoms with Crippen LogP contribution in [0.4, 0.5) is 0 Å². The van der Waals surface area contributed by atoms with Crippen LogP contribution in [-0.4, -0.2) is 21.0 Å². The maximum absolute atomic E-state index is 4.06. The van der Waals surface area contributed by atoms with Crippen molar-refractivity contribution in [2.24, 2.45) is 0 Å². The molecule has 0 aliphatic carbocycles. The fourth-order valence-corrected chi connectivity index (χ4v) is 1.55. The van der Waals surface area contributed by atoms with Gasteiger partial charge in [-0.15, -0.1) is 11.8 Å². The van der Waals surface area contributed by atoms with E-state index in [0.717, 1.165) is 5.69 Å². The van der Waals surface area contributed by atoms with Crippen molar-refractivity contribution in [1.29, 1.82) is 0 Å². The topological polar surface area (TPSA) is 30.7 Å². The van der Waals surface area contributed by atoms with Crippen molar-refractivity contribution >= 4 is 11.8 Å². The zero-order chi connectivity index (χ0) is 9.10. The smallest absolute Gasteiger partial charge is 0.138 e. The lowest BCUT2D eigenvalue weighted by Crippen LogP contribution is -1.93. The van der Waals surface area contributed by atoms with E-state index in [1.165, 1.54) is 11.2 Å². The van der Waals surface area contributed by atoms with Crippen molar-refractivity contribution in [3.63, 3.8) is 0 Å². The van der Waals surface area contributed by atoms with E-state index in [1.54, 1.807) is 22.8 Å². The van der Waals surface area contributed by atoms with Crippen LogP contribution in [0.5, 0.6) is 0 Å². The predicted octanol–water partition coefficient (Wildman–Crippen LogP) is 1.99. The lowest BCUT2D eigenvalue weighted by Gasteiger charge is -2.01. The molecule has 0 aliphatic rings. The Morgan fingerprint density at radius 3 is 3.00 bits per heavy atom. The van der Waals surface area contributed by atoms with Gasteiger partial charge in [0, 0.05) is 4.90 Å². The predicted molar refractivity (Wildman–Crippen MR) is 53.1 cm³/mol. The van der Waals surface area contributed by atoms with Crippen LogP contribution in [0.15, 0.2) is 41.8 Å². The Hall–Kier alpha value is -1.29. The Morgan fingerprint density at radius 1 is 1.38 bits per heavy atom. The summed E-state index contributed by atoms with van der Waals surface area (Å²) in [6.07, 6.45) is 5.28. The molecular formula is C9H9N3S. The highest BCUT2D eigenvalue weighted by Crippen LogP contribution is 2.17. The normalized spacial score (nSPS) is 10.2. The molecule has 2 rings (SSSR count). The molecule has 0 saturated carbocycles. The molecule has 0 spiro atoms. The molecule has 0 N–H and O–H groups in total. The van der Waals surface area contributed by atoms with Gasteiger partial charge in [-0.3, -0.25) is 0 Å². The van der Waals surface area contributed by atoms with E-state index in [0.29, 0.717) is 0 Å². The number of rotatable bonds is 2. The molecule has 1 aromatic heterocycles. The first-order chi connectivity index (χ1) is 6.40. The van der Waals surface area contributed by atoms with Gasteiger partial charge in [0.1, 0.15) is 12.7 Å². The number of hydrogen-bond donors (Lipinski definition) is 0. The Bertz CT molecular complexity index is 384. The molecule has 0 saturated heterocycles. The fourth-order valence-electron chi connectivity index (χ4n) is 1.09. The first kappa shape index (κ1) is 8.31. The van der Waals surface area contributed by atoms with Crippen LogP contribution in [0.3, 0.4) is 0 Å². The van der Waals surface area contributed by atoms with Gasteiger partial charge < -0.3 is 0 Å². The third-order valence-electron chi connectivity index (χ3n) is 1.74. The molecule has 0 aliphatic heterocycles. The van der Waals surface area contributed by atoms with Crippen molar-refractivity contribution in [2.45, 2.75) is 4.90 Å². The van der Waals surface area contributed by atoms with E-state index in [9.17, 15) is 0 Å². The summed E-state index contributed by atoms with van der Waals surface area (Å²) in [5, 5.41) is 4.06. The molecule has 66 valence electrons. The summed E-state index contributed by atoms with van der Waals surface area (Å²) in [7, 11) is 0. The van der Waals surface area contributed by atoms with Gasteiger partial charge in [0.15, 0.2) is 0 Å². The Kier molecular flexibility index (Phi) is 2.31. The molecule has 3 nitrogen and oxygen atoms in total. The van der Waals surface area contributed by atoms with Crippen LogP contribution in [0.2, 0.25) is 0 Å². The fraction of sp³-hybridized carbons (Fsp3) is 0.111. The molecule has 2 aromatic rings. The minimum atomic E-state index is 1.05. The number of nitrogens with zero attached hydrogens (tertiary/aromatic N) is 3. The second-order valence-electron chi connectivity index (χ2n) is 2.54. The zero-order valence-electron chi connectivity index (χ0n) is 7.21. The number of thioether (sulfide) groups is 1. The standard InChI is InChI=1S/C9H9N3S/c1-13-9-4-2-3-8(5-9)12-7-10-6-11-12/h2-7H,1H3. The Balaban J connectivity index is 2.41. The van der Waals surface area contributed by atoms with Crippen molar-refractivity contribution in [1.82, 2.24) is 14.8 Å². The average Bonchev–Trinajstić information content (AvgIpc) is 2.71. The van der Waals surface area contributed by atoms with Crippen molar-refractivity contribution in [3.8, 4) is 5.69 Å². The van der Waals surface area contributed by atoms with Gasteiger partial charge in [0.05, 0.1) is 5.69 Å². The van der Waals surface area contributed by atoms with Gasteiger partial charge >= 0.3 is 0 Å². The highest BCUT2D eigenvalue weighted by Gasteiger charge is 1.96. The van der Waals surface area contributed by atoms with Crippen LogP contribution >= 0.6 is 11.8 Å². The van der Waals surface area contributed by atoms with Gasteiger partial charge in [0.2, 0.25) is 0 Å². The molecule has 1 aromatic carbocycles. The van der Waals surface area contributed by atoms with E-state index in [1.807, 2.05) is 12.1 Å². The van der Waals surface area contributed by atoms with Gasteiger partial charge in [-0.1, -0.05) is 6.07 Å². The van der Waals surface area contributed by atoms with Gasteiger partial charge in [-0.2, -0.15) is 5.10 Å². The molecule has 0 unspecified atom stereocenters.